The third-order valence-electron chi connectivity index (χ3n) is 2.62. The van der Waals surface area contributed by atoms with Gasteiger partial charge in [0.25, 0.3) is 0 Å². The minimum absolute atomic E-state index is 0.135. The van der Waals surface area contributed by atoms with Gasteiger partial charge in [0, 0.05) is 27.8 Å². The van der Waals surface area contributed by atoms with Gasteiger partial charge in [-0.1, -0.05) is 31.9 Å². The van der Waals surface area contributed by atoms with Gasteiger partial charge in [-0.2, -0.15) is 5.10 Å². The van der Waals surface area contributed by atoms with Crippen molar-refractivity contribution in [2.75, 3.05) is 7.05 Å². The molecule has 0 fully saturated rings. The first-order valence-corrected chi connectivity index (χ1v) is 6.81. The van der Waals surface area contributed by atoms with Gasteiger partial charge < -0.3 is 5.32 Å². The van der Waals surface area contributed by atoms with Crippen molar-refractivity contribution in [2.45, 2.75) is 6.04 Å². The topological polar surface area (TPSA) is 29.9 Å². The zero-order chi connectivity index (χ0) is 12.4. The highest BCUT2D eigenvalue weighted by Crippen LogP contribution is 2.30. The Labute approximate surface area is 117 Å². The largest absolute Gasteiger partial charge is 0.309 e. The first-order chi connectivity index (χ1) is 8.11. The molecule has 1 N–H and O–H groups in total. The molecule has 0 aliphatic carbocycles. The Hall–Kier alpha value is -0.650. The van der Waals surface area contributed by atoms with Gasteiger partial charge in [0.15, 0.2) is 0 Å². The maximum atomic E-state index is 4.21. The molecule has 0 saturated carbocycles. The molecule has 1 atom stereocenters. The van der Waals surface area contributed by atoms with Crippen LogP contribution in [0.1, 0.15) is 17.2 Å². The molecule has 0 radical (unpaired) electrons. The molecule has 17 heavy (non-hydrogen) atoms. The molecule has 0 bridgehead atoms. The molecule has 5 heteroatoms. The Balaban J connectivity index is 2.45. The zero-order valence-electron chi connectivity index (χ0n) is 9.61. The van der Waals surface area contributed by atoms with Gasteiger partial charge >= 0.3 is 0 Å². The highest BCUT2D eigenvalue weighted by atomic mass is 79.9. The lowest BCUT2D eigenvalue weighted by molar-refractivity contribution is 0.686. The number of hydrogen-bond acceptors (Lipinski definition) is 2. The molecule has 1 aromatic carbocycles. The van der Waals surface area contributed by atoms with Crippen LogP contribution in [0.15, 0.2) is 39.5 Å². The van der Waals surface area contributed by atoms with Gasteiger partial charge in [-0.3, -0.25) is 4.68 Å². The van der Waals surface area contributed by atoms with Crippen LogP contribution >= 0.6 is 31.9 Å². The predicted octanol–water partition coefficient (Wildman–Crippen LogP) is 3.25. The van der Waals surface area contributed by atoms with Crippen LogP contribution < -0.4 is 5.32 Å². The average molecular weight is 359 g/mol. The Kier molecular flexibility index (Phi) is 4.01. The standard InChI is InChI=1S/C12H13Br2N3/c1-15-12(8-6-16-17(2)7-8)10-5-9(13)3-4-11(10)14/h3-7,12,15H,1-2H3. The molecule has 0 spiro atoms. The summed E-state index contributed by atoms with van der Waals surface area (Å²) in [6.07, 6.45) is 3.91. The lowest BCUT2D eigenvalue weighted by Crippen LogP contribution is -2.17. The van der Waals surface area contributed by atoms with Crippen LogP contribution in [0.25, 0.3) is 0 Å². The van der Waals surface area contributed by atoms with Crippen molar-refractivity contribution in [2.24, 2.45) is 7.05 Å². The summed E-state index contributed by atoms with van der Waals surface area (Å²) in [4.78, 5) is 0. The van der Waals surface area contributed by atoms with Crippen LogP contribution in [0.2, 0.25) is 0 Å². The van der Waals surface area contributed by atoms with Crippen LogP contribution in [-0.4, -0.2) is 16.8 Å². The van der Waals surface area contributed by atoms with Crippen LogP contribution in [0.3, 0.4) is 0 Å². The van der Waals surface area contributed by atoms with Gasteiger partial charge in [-0.05, 0) is 30.8 Å². The van der Waals surface area contributed by atoms with E-state index in [1.165, 1.54) is 5.56 Å². The van der Waals surface area contributed by atoms with Gasteiger partial charge in [0.2, 0.25) is 0 Å². The van der Waals surface area contributed by atoms with Gasteiger partial charge in [0.05, 0.1) is 12.2 Å². The zero-order valence-corrected chi connectivity index (χ0v) is 12.8. The highest BCUT2D eigenvalue weighted by molar-refractivity contribution is 9.11. The summed E-state index contributed by atoms with van der Waals surface area (Å²) >= 11 is 7.09. The first kappa shape index (κ1) is 12.8. The van der Waals surface area contributed by atoms with Gasteiger partial charge in [-0.25, -0.2) is 0 Å². The number of nitrogens with one attached hydrogen (secondary N) is 1. The molecular weight excluding hydrogens is 346 g/mol. The quantitative estimate of drug-likeness (QED) is 0.912. The van der Waals surface area contributed by atoms with E-state index in [-0.39, 0.29) is 6.04 Å². The lowest BCUT2D eigenvalue weighted by atomic mass is 10.0. The maximum Gasteiger partial charge on any atom is 0.0617 e. The second-order valence-electron chi connectivity index (χ2n) is 3.83. The summed E-state index contributed by atoms with van der Waals surface area (Å²) in [6.45, 7) is 0. The molecule has 0 amide bonds. The fourth-order valence-electron chi connectivity index (χ4n) is 1.83. The van der Waals surface area contributed by atoms with Crippen LogP contribution in [0.4, 0.5) is 0 Å². The fourth-order valence-corrected chi connectivity index (χ4v) is 2.68. The predicted molar refractivity (Wildman–Crippen MR) is 76.0 cm³/mol. The first-order valence-electron chi connectivity index (χ1n) is 5.22. The molecule has 0 saturated heterocycles. The second kappa shape index (κ2) is 5.33. The Bertz CT molecular complexity index is 522. The molecule has 1 heterocycles. The Morgan fingerprint density at radius 2 is 2.12 bits per heavy atom. The van der Waals surface area contributed by atoms with E-state index in [0.29, 0.717) is 0 Å². The van der Waals surface area contributed by atoms with Crippen molar-refractivity contribution < 1.29 is 0 Å². The number of aromatic nitrogens is 2. The lowest BCUT2D eigenvalue weighted by Gasteiger charge is -2.17. The molecular formula is C12H13Br2N3. The summed E-state index contributed by atoms with van der Waals surface area (Å²) in [5.74, 6) is 0. The third kappa shape index (κ3) is 2.78. The summed E-state index contributed by atoms with van der Waals surface area (Å²) < 4.78 is 3.97. The summed E-state index contributed by atoms with van der Waals surface area (Å²) in [5, 5.41) is 7.52. The molecule has 2 aromatic rings. The Morgan fingerprint density at radius 1 is 1.35 bits per heavy atom. The summed E-state index contributed by atoms with van der Waals surface area (Å²) in [5.41, 5.74) is 2.34. The molecule has 90 valence electrons. The fraction of sp³-hybridized carbons (Fsp3) is 0.250. The van der Waals surface area contributed by atoms with Crippen molar-refractivity contribution in [3.8, 4) is 0 Å². The van der Waals surface area contributed by atoms with E-state index in [9.17, 15) is 0 Å². The van der Waals surface area contributed by atoms with Crippen molar-refractivity contribution >= 4 is 31.9 Å². The molecule has 0 aliphatic heterocycles. The SMILES string of the molecule is CNC(c1cnn(C)c1)c1cc(Br)ccc1Br. The van der Waals surface area contributed by atoms with Crippen LogP contribution in [-0.2, 0) is 7.05 Å². The monoisotopic (exact) mass is 357 g/mol. The molecule has 1 unspecified atom stereocenters. The van der Waals surface area contributed by atoms with Crippen LogP contribution in [0.5, 0.6) is 0 Å². The van der Waals surface area contributed by atoms with E-state index >= 15 is 0 Å². The number of halogens is 2. The van der Waals surface area contributed by atoms with Crippen molar-refractivity contribution in [3.63, 3.8) is 0 Å². The minimum Gasteiger partial charge on any atom is -0.309 e. The summed E-state index contributed by atoms with van der Waals surface area (Å²) in [6, 6.07) is 6.30. The molecule has 2 rings (SSSR count). The maximum absolute atomic E-state index is 4.21. The van der Waals surface area contributed by atoms with E-state index in [1.54, 1.807) is 0 Å². The van der Waals surface area contributed by atoms with Crippen molar-refractivity contribution in [1.82, 2.24) is 15.1 Å². The Morgan fingerprint density at radius 3 is 2.71 bits per heavy atom. The van der Waals surface area contributed by atoms with E-state index < -0.39 is 0 Å². The second-order valence-corrected chi connectivity index (χ2v) is 5.60. The molecule has 0 aliphatic rings. The number of benzene rings is 1. The number of aryl methyl sites for hydroxylation is 1. The number of rotatable bonds is 3. The molecule has 3 nitrogen and oxygen atoms in total. The summed E-state index contributed by atoms with van der Waals surface area (Å²) in [7, 11) is 3.87. The van der Waals surface area contributed by atoms with E-state index in [1.807, 2.05) is 43.3 Å². The molecule has 1 aromatic heterocycles. The van der Waals surface area contributed by atoms with Crippen molar-refractivity contribution in [3.05, 3.63) is 50.7 Å². The van der Waals surface area contributed by atoms with Crippen molar-refractivity contribution in [1.29, 1.82) is 0 Å². The highest BCUT2D eigenvalue weighted by Gasteiger charge is 2.16. The van der Waals surface area contributed by atoms with Crippen LogP contribution in [0, 0.1) is 0 Å². The minimum atomic E-state index is 0.135. The average Bonchev–Trinajstić information content (AvgIpc) is 2.71. The van der Waals surface area contributed by atoms with Gasteiger partial charge in [-0.15, -0.1) is 0 Å². The number of hydrogen-bond donors (Lipinski definition) is 1. The van der Waals surface area contributed by atoms with E-state index in [0.717, 1.165) is 14.5 Å². The van der Waals surface area contributed by atoms with E-state index in [2.05, 4.69) is 48.3 Å². The number of nitrogens with zero attached hydrogens (tertiary/aromatic N) is 2. The van der Waals surface area contributed by atoms with E-state index in [4.69, 9.17) is 0 Å². The van der Waals surface area contributed by atoms with Gasteiger partial charge in [0.1, 0.15) is 0 Å². The smallest absolute Gasteiger partial charge is 0.0617 e. The third-order valence-corrected chi connectivity index (χ3v) is 3.83. The normalized spacial score (nSPS) is 12.7.